The van der Waals surface area contributed by atoms with Crippen molar-refractivity contribution in [3.05, 3.63) is 90.5 Å². The summed E-state index contributed by atoms with van der Waals surface area (Å²) in [4.78, 5) is 0. The van der Waals surface area contributed by atoms with E-state index in [2.05, 4.69) is 115 Å². The zero-order chi connectivity index (χ0) is 23.2. The van der Waals surface area contributed by atoms with Gasteiger partial charge in [0, 0.05) is 0 Å². The molecule has 6 aromatic rings. The molecule has 0 spiro atoms. The van der Waals surface area contributed by atoms with Crippen molar-refractivity contribution in [2.24, 2.45) is 7.05 Å². The first-order chi connectivity index (χ1) is 16.4. The molecule has 0 amide bonds. The van der Waals surface area contributed by atoms with Gasteiger partial charge >= 0.3 is 202 Å². The fourth-order valence-corrected chi connectivity index (χ4v) is 12.5. The molecule has 0 fully saturated rings. The second-order valence-electron chi connectivity index (χ2n) is 10.1. The van der Waals surface area contributed by atoms with Gasteiger partial charge in [0.2, 0.25) is 0 Å². The maximum atomic E-state index is 6.70. The van der Waals surface area contributed by atoms with E-state index in [1.54, 1.807) is 8.79 Å². The van der Waals surface area contributed by atoms with E-state index in [1.165, 1.54) is 38.2 Å². The van der Waals surface area contributed by atoms with Gasteiger partial charge in [-0.1, -0.05) is 0 Å². The number of hydrogen-bond donors (Lipinski definition) is 0. The van der Waals surface area contributed by atoms with Gasteiger partial charge in [0.1, 0.15) is 0 Å². The van der Waals surface area contributed by atoms with Crippen LogP contribution < -0.4 is 13.4 Å². The van der Waals surface area contributed by atoms with E-state index in [1.807, 2.05) is 0 Å². The summed E-state index contributed by atoms with van der Waals surface area (Å²) in [5, 5.41) is 5.04. The molecule has 0 saturated heterocycles. The van der Waals surface area contributed by atoms with E-state index in [0.29, 0.717) is 0 Å². The third-order valence-electron chi connectivity index (χ3n) is 7.87. The van der Waals surface area contributed by atoms with Crippen LogP contribution in [0.4, 0.5) is 0 Å². The van der Waals surface area contributed by atoms with E-state index < -0.39 is 13.3 Å². The predicted molar refractivity (Wildman–Crippen MR) is 145 cm³/mol. The van der Waals surface area contributed by atoms with Crippen LogP contribution in [0, 0.1) is 6.92 Å². The van der Waals surface area contributed by atoms with Crippen molar-refractivity contribution in [1.82, 2.24) is 0 Å². The molecule has 2 nitrogen and oxygen atoms in total. The quantitative estimate of drug-likeness (QED) is 0.146. The van der Waals surface area contributed by atoms with E-state index in [-0.39, 0.29) is 0 Å². The summed E-state index contributed by atoms with van der Waals surface area (Å²) in [7, 11) is 2.11. The maximum absolute atomic E-state index is 6.70. The predicted octanol–water partition coefficient (Wildman–Crippen LogP) is 6.34. The zero-order valence-electron chi connectivity index (χ0n) is 19.9. The van der Waals surface area contributed by atoms with E-state index in [9.17, 15) is 0 Å². The van der Waals surface area contributed by atoms with Gasteiger partial charge in [0.15, 0.2) is 0 Å². The number of aromatic nitrogens is 1. The third-order valence-corrected chi connectivity index (χ3v) is 15.3. The molecular weight excluding hydrogens is 475 g/mol. The molecule has 3 heteroatoms. The molecule has 1 aliphatic heterocycles. The Kier molecular flexibility index (Phi) is 4.03. The fourth-order valence-electron chi connectivity index (χ4n) is 5.99. The van der Waals surface area contributed by atoms with Gasteiger partial charge in [-0.15, -0.1) is 0 Å². The second-order valence-corrected chi connectivity index (χ2v) is 19.2. The first kappa shape index (κ1) is 20.0. The molecule has 7 rings (SSSR count). The van der Waals surface area contributed by atoms with Gasteiger partial charge in [-0.2, -0.15) is 0 Å². The van der Waals surface area contributed by atoms with Crippen LogP contribution in [-0.4, -0.2) is 13.3 Å². The summed E-state index contributed by atoms with van der Waals surface area (Å²) >= 11 is -2.36. The SMILES string of the molecule is Cc1ccccc1-c1oc2c3c(ccc4cc5[c](cc43)[Ge]([CH3])([CH3])[c]3ccccc3-5)ccc2[n+]1C. The van der Waals surface area contributed by atoms with Crippen molar-refractivity contribution >= 4 is 54.7 Å². The third kappa shape index (κ3) is 2.55. The molecule has 0 N–H and O–H groups in total. The van der Waals surface area contributed by atoms with Gasteiger partial charge in [-0.25, -0.2) is 0 Å². The van der Waals surface area contributed by atoms with Crippen LogP contribution in [0.3, 0.4) is 0 Å². The van der Waals surface area contributed by atoms with Crippen LogP contribution in [0.25, 0.3) is 55.2 Å². The Morgan fingerprint density at radius 3 is 2.24 bits per heavy atom. The van der Waals surface area contributed by atoms with Gasteiger partial charge < -0.3 is 0 Å². The molecule has 0 saturated carbocycles. The molecule has 0 unspecified atom stereocenters. The average Bonchev–Trinajstić information content (AvgIpc) is 3.29. The van der Waals surface area contributed by atoms with Crippen molar-refractivity contribution in [2.75, 3.05) is 0 Å². The number of nitrogens with zero attached hydrogens (tertiary/aromatic N) is 1. The molecule has 34 heavy (non-hydrogen) atoms. The topological polar surface area (TPSA) is 17.0 Å². The second kappa shape index (κ2) is 6.83. The Balaban J connectivity index is 1.59. The van der Waals surface area contributed by atoms with Crippen molar-refractivity contribution in [1.29, 1.82) is 0 Å². The molecule has 0 radical (unpaired) electrons. The Hall–Kier alpha value is -3.37. The fraction of sp³-hybridized carbons (Fsp3) is 0.129. The van der Waals surface area contributed by atoms with Gasteiger partial charge in [-0.05, 0) is 0 Å². The molecule has 1 aromatic heterocycles. The van der Waals surface area contributed by atoms with Crippen molar-refractivity contribution < 1.29 is 8.98 Å². The van der Waals surface area contributed by atoms with Crippen LogP contribution in [0.2, 0.25) is 11.5 Å². The molecule has 164 valence electrons. The summed E-state index contributed by atoms with van der Waals surface area (Å²) in [6.45, 7) is 2.14. The molecule has 1 aliphatic rings. The van der Waals surface area contributed by atoms with Gasteiger partial charge in [0.25, 0.3) is 0 Å². The van der Waals surface area contributed by atoms with Crippen LogP contribution in [0.1, 0.15) is 5.56 Å². The van der Waals surface area contributed by atoms with Crippen molar-refractivity contribution in [3.63, 3.8) is 0 Å². The Labute approximate surface area is 201 Å². The number of fused-ring (bicyclic) bond motifs is 8. The van der Waals surface area contributed by atoms with E-state index in [4.69, 9.17) is 4.42 Å². The number of oxazole rings is 1. The molecule has 2 heterocycles. The first-order valence-corrected chi connectivity index (χ1v) is 18.2. The normalized spacial score (nSPS) is 14.1. The van der Waals surface area contributed by atoms with Gasteiger partial charge in [-0.3, -0.25) is 0 Å². The summed E-state index contributed by atoms with van der Waals surface area (Å²) in [5.74, 6) is 5.96. The first-order valence-electron chi connectivity index (χ1n) is 11.9. The van der Waals surface area contributed by atoms with Gasteiger partial charge in [0.05, 0.1) is 0 Å². The van der Waals surface area contributed by atoms with Crippen molar-refractivity contribution in [2.45, 2.75) is 18.4 Å². The Morgan fingerprint density at radius 1 is 0.706 bits per heavy atom. The summed E-state index contributed by atoms with van der Waals surface area (Å²) in [6, 6.07) is 31.4. The van der Waals surface area contributed by atoms with Crippen LogP contribution in [-0.2, 0) is 7.05 Å². The monoisotopic (exact) mass is 502 g/mol. The Bertz CT molecular complexity index is 1810. The standard InChI is InChI=1S/C31H26GeNO/c1-19-9-5-6-10-22(19)31-33(4)28-16-15-20-13-14-21-17-25-23-11-7-8-12-26(23)32(2,3)27(25)18-24(21)29(20)30(28)34-31/h5-18H,1-4H3/q+1. The molecular formula is C31H26GeNO+. The molecule has 5 aromatic carbocycles. The van der Waals surface area contributed by atoms with E-state index in [0.717, 1.165) is 22.6 Å². The van der Waals surface area contributed by atoms with E-state index >= 15 is 0 Å². The number of aryl methyl sites for hydroxylation is 2. The van der Waals surface area contributed by atoms with Crippen LogP contribution in [0.5, 0.6) is 0 Å². The summed E-state index contributed by atoms with van der Waals surface area (Å²) in [6.07, 6.45) is 0. The zero-order valence-corrected chi connectivity index (χ0v) is 22.0. The minimum atomic E-state index is -2.36. The van der Waals surface area contributed by atoms with Crippen LogP contribution >= 0.6 is 0 Å². The summed E-state index contributed by atoms with van der Waals surface area (Å²) in [5.41, 5.74) is 7.34. The summed E-state index contributed by atoms with van der Waals surface area (Å²) < 4.78 is 12.1. The average molecular weight is 501 g/mol. The van der Waals surface area contributed by atoms with Crippen LogP contribution in [0.15, 0.2) is 89.3 Å². The molecule has 0 aliphatic carbocycles. The number of benzene rings is 5. The molecule has 0 atom stereocenters. The number of hydrogen-bond acceptors (Lipinski definition) is 1. The number of rotatable bonds is 1. The molecule has 0 bridgehead atoms. The minimum absolute atomic E-state index is 0.907. The van der Waals surface area contributed by atoms with Crippen molar-refractivity contribution in [3.8, 4) is 22.6 Å². The Morgan fingerprint density at radius 2 is 1.41 bits per heavy atom.